The number of fused-ring (bicyclic) bond motifs is 2. The smallest absolute Gasteiger partial charge is 0.180 e. The summed E-state index contributed by atoms with van der Waals surface area (Å²) in [5.74, 6) is 0.827. The third kappa shape index (κ3) is 1.54. The Labute approximate surface area is 114 Å². The molecule has 1 aliphatic heterocycles. The SMILES string of the molecule is Nc1cn2ccnc2c(N2CCc3ccc(F)cc32)n1. The van der Waals surface area contributed by atoms with Gasteiger partial charge in [-0.1, -0.05) is 6.07 Å². The molecule has 0 unspecified atom stereocenters. The van der Waals surface area contributed by atoms with Crippen LogP contribution in [0.1, 0.15) is 5.56 Å². The topological polar surface area (TPSA) is 59.5 Å². The van der Waals surface area contributed by atoms with E-state index in [0.29, 0.717) is 11.6 Å². The fraction of sp³-hybridized carbons (Fsp3) is 0.143. The molecule has 0 saturated carbocycles. The van der Waals surface area contributed by atoms with E-state index in [9.17, 15) is 4.39 Å². The van der Waals surface area contributed by atoms with Gasteiger partial charge in [0.1, 0.15) is 11.6 Å². The van der Waals surface area contributed by atoms with Gasteiger partial charge in [0.2, 0.25) is 0 Å². The second-order valence-electron chi connectivity index (χ2n) is 4.82. The standard InChI is InChI=1S/C14H12FN5/c15-10-2-1-9-3-5-20(11(9)7-10)14-13-17-4-6-19(13)8-12(16)18-14/h1-2,4,6-8H,3,5,16H2. The second kappa shape index (κ2) is 3.93. The summed E-state index contributed by atoms with van der Waals surface area (Å²) in [6.07, 6.45) is 6.09. The van der Waals surface area contributed by atoms with E-state index in [1.807, 2.05) is 21.6 Å². The minimum Gasteiger partial charge on any atom is -0.382 e. The van der Waals surface area contributed by atoms with E-state index >= 15 is 0 Å². The van der Waals surface area contributed by atoms with Crippen molar-refractivity contribution in [2.75, 3.05) is 17.2 Å². The van der Waals surface area contributed by atoms with Crippen LogP contribution in [0.15, 0.2) is 36.8 Å². The molecule has 6 heteroatoms. The van der Waals surface area contributed by atoms with Gasteiger partial charge in [0, 0.05) is 24.6 Å². The summed E-state index contributed by atoms with van der Waals surface area (Å²) in [4.78, 5) is 10.7. The highest BCUT2D eigenvalue weighted by atomic mass is 19.1. The summed E-state index contributed by atoms with van der Waals surface area (Å²) in [7, 11) is 0. The average molecular weight is 269 g/mol. The Kier molecular flexibility index (Phi) is 2.20. The highest BCUT2D eigenvalue weighted by Crippen LogP contribution is 2.35. The number of nitrogen functional groups attached to an aromatic ring is 1. The van der Waals surface area contributed by atoms with Crippen LogP contribution in [0.4, 0.5) is 21.7 Å². The van der Waals surface area contributed by atoms with Gasteiger partial charge in [0.05, 0.1) is 6.20 Å². The van der Waals surface area contributed by atoms with E-state index in [1.54, 1.807) is 12.4 Å². The predicted molar refractivity (Wildman–Crippen MR) is 74.5 cm³/mol. The summed E-state index contributed by atoms with van der Waals surface area (Å²) in [5.41, 5.74) is 8.51. The molecule has 0 radical (unpaired) electrons. The Morgan fingerprint density at radius 2 is 2.20 bits per heavy atom. The number of nitrogens with zero attached hydrogens (tertiary/aromatic N) is 4. The molecule has 0 amide bonds. The number of hydrogen-bond acceptors (Lipinski definition) is 4. The predicted octanol–water partition coefficient (Wildman–Crippen LogP) is 2.14. The number of aromatic nitrogens is 3. The van der Waals surface area contributed by atoms with E-state index in [1.165, 1.54) is 12.1 Å². The van der Waals surface area contributed by atoms with Gasteiger partial charge in [-0.2, -0.15) is 0 Å². The normalized spacial score (nSPS) is 13.9. The molecule has 3 heterocycles. The van der Waals surface area contributed by atoms with Crippen molar-refractivity contribution in [3.63, 3.8) is 0 Å². The van der Waals surface area contributed by atoms with Gasteiger partial charge in [-0.15, -0.1) is 0 Å². The van der Waals surface area contributed by atoms with E-state index in [4.69, 9.17) is 5.73 Å². The Hall–Kier alpha value is -2.63. The molecule has 1 aromatic carbocycles. The third-order valence-corrected chi connectivity index (χ3v) is 3.57. The van der Waals surface area contributed by atoms with Gasteiger partial charge in [-0.3, -0.25) is 0 Å². The first kappa shape index (κ1) is 11.2. The number of imidazole rings is 1. The summed E-state index contributed by atoms with van der Waals surface area (Å²) < 4.78 is 15.3. The Morgan fingerprint density at radius 3 is 3.10 bits per heavy atom. The van der Waals surface area contributed by atoms with Crippen LogP contribution in [0.3, 0.4) is 0 Å². The molecule has 3 aromatic rings. The number of benzene rings is 1. The van der Waals surface area contributed by atoms with Crippen LogP contribution < -0.4 is 10.6 Å². The molecule has 2 N–H and O–H groups in total. The van der Waals surface area contributed by atoms with Gasteiger partial charge < -0.3 is 15.0 Å². The fourth-order valence-electron chi connectivity index (χ4n) is 2.69. The van der Waals surface area contributed by atoms with Crippen molar-refractivity contribution in [3.05, 3.63) is 48.2 Å². The minimum absolute atomic E-state index is 0.251. The maximum absolute atomic E-state index is 13.5. The van der Waals surface area contributed by atoms with Crippen molar-refractivity contribution >= 4 is 23.0 Å². The van der Waals surface area contributed by atoms with Crippen LogP contribution in [0.5, 0.6) is 0 Å². The van der Waals surface area contributed by atoms with E-state index in [2.05, 4.69) is 9.97 Å². The van der Waals surface area contributed by atoms with Crippen LogP contribution in [0.2, 0.25) is 0 Å². The van der Waals surface area contributed by atoms with Crippen molar-refractivity contribution in [1.82, 2.24) is 14.4 Å². The van der Waals surface area contributed by atoms with Gasteiger partial charge in [0.25, 0.3) is 0 Å². The van der Waals surface area contributed by atoms with Crippen LogP contribution in [0, 0.1) is 5.82 Å². The fourth-order valence-corrected chi connectivity index (χ4v) is 2.69. The summed E-state index contributed by atoms with van der Waals surface area (Å²) >= 11 is 0. The molecule has 0 spiro atoms. The van der Waals surface area contributed by atoms with Gasteiger partial charge >= 0.3 is 0 Å². The van der Waals surface area contributed by atoms with Gasteiger partial charge in [-0.25, -0.2) is 14.4 Å². The van der Waals surface area contributed by atoms with Crippen LogP contribution in [0.25, 0.3) is 5.65 Å². The lowest BCUT2D eigenvalue weighted by Crippen LogP contribution is -2.17. The number of hydrogen-bond donors (Lipinski definition) is 1. The number of halogens is 1. The van der Waals surface area contributed by atoms with Crippen molar-refractivity contribution in [1.29, 1.82) is 0 Å². The minimum atomic E-state index is -0.251. The third-order valence-electron chi connectivity index (χ3n) is 3.57. The molecule has 0 atom stereocenters. The van der Waals surface area contributed by atoms with Crippen LogP contribution >= 0.6 is 0 Å². The highest BCUT2D eigenvalue weighted by Gasteiger charge is 2.24. The first-order chi connectivity index (χ1) is 9.72. The van der Waals surface area contributed by atoms with Crippen molar-refractivity contribution in [2.24, 2.45) is 0 Å². The maximum Gasteiger partial charge on any atom is 0.180 e. The lowest BCUT2D eigenvalue weighted by molar-refractivity contribution is 0.628. The zero-order valence-corrected chi connectivity index (χ0v) is 10.6. The molecular weight excluding hydrogens is 257 g/mol. The number of rotatable bonds is 1. The van der Waals surface area contributed by atoms with Crippen LogP contribution in [-0.4, -0.2) is 20.9 Å². The van der Waals surface area contributed by atoms with Gasteiger partial charge in [0.15, 0.2) is 11.5 Å². The van der Waals surface area contributed by atoms with Crippen LogP contribution in [-0.2, 0) is 6.42 Å². The lowest BCUT2D eigenvalue weighted by Gasteiger charge is -2.19. The maximum atomic E-state index is 13.5. The van der Waals surface area contributed by atoms with E-state index < -0.39 is 0 Å². The molecule has 4 rings (SSSR count). The van der Waals surface area contributed by atoms with Crippen molar-refractivity contribution in [3.8, 4) is 0 Å². The zero-order chi connectivity index (χ0) is 13.7. The summed E-state index contributed by atoms with van der Waals surface area (Å²) in [5, 5.41) is 0. The lowest BCUT2D eigenvalue weighted by atomic mass is 10.2. The van der Waals surface area contributed by atoms with E-state index in [0.717, 1.165) is 29.9 Å². The molecule has 100 valence electrons. The summed E-state index contributed by atoms with van der Waals surface area (Å²) in [6, 6.07) is 4.84. The molecule has 1 aliphatic rings. The zero-order valence-electron chi connectivity index (χ0n) is 10.6. The monoisotopic (exact) mass is 269 g/mol. The number of anilines is 3. The van der Waals surface area contributed by atoms with Crippen molar-refractivity contribution in [2.45, 2.75) is 6.42 Å². The Bertz CT molecular complexity index is 810. The van der Waals surface area contributed by atoms with Crippen molar-refractivity contribution < 1.29 is 4.39 Å². The van der Waals surface area contributed by atoms with E-state index in [-0.39, 0.29) is 5.82 Å². The Balaban J connectivity index is 1.94. The summed E-state index contributed by atoms with van der Waals surface area (Å²) in [6.45, 7) is 0.748. The largest absolute Gasteiger partial charge is 0.382 e. The Morgan fingerprint density at radius 1 is 1.30 bits per heavy atom. The first-order valence-corrected chi connectivity index (χ1v) is 6.37. The average Bonchev–Trinajstić information content (AvgIpc) is 3.03. The molecule has 0 saturated heterocycles. The molecule has 20 heavy (non-hydrogen) atoms. The molecule has 2 aromatic heterocycles. The molecule has 0 bridgehead atoms. The molecule has 5 nitrogen and oxygen atoms in total. The van der Waals surface area contributed by atoms with Gasteiger partial charge in [-0.05, 0) is 24.1 Å². The molecule has 0 fully saturated rings. The quantitative estimate of drug-likeness (QED) is 0.735. The molecule has 0 aliphatic carbocycles. The second-order valence-corrected chi connectivity index (χ2v) is 4.82. The highest BCUT2D eigenvalue weighted by molar-refractivity contribution is 5.77. The molecular formula is C14H12FN5. The number of nitrogens with two attached hydrogens (primary N) is 1. The first-order valence-electron chi connectivity index (χ1n) is 6.37.